The van der Waals surface area contributed by atoms with Crippen molar-refractivity contribution >= 4 is 34.7 Å². The second kappa shape index (κ2) is 11.0. The molecule has 0 atom stereocenters. The Morgan fingerprint density at radius 2 is 1.89 bits per heavy atom. The van der Waals surface area contributed by atoms with Crippen LogP contribution in [0.15, 0.2) is 64.3 Å². The zero-order valence-corrected chi connectivity index (χ0v) is 20.8. The minimum absolute atomic E-state index is 0.0394. The van der Waals surface area contributed by atoms with Gasteiger partial charge in [0.25, 0.3) is 5.56 Å². The third-order valence-corrected chi connectivity index (χ3v) is 6.18. The minimum Gasteiger partial charge on any atom is -0.465 e. The zero-order chi connectivity index (χ0) is 25.7. The highest BCUT2D eigenvalue weighted by molar-refractivity contribution is 7.08. The van der Waals surface area contributed by atoms with Gasteiger partial charge in [-0.2, -0.15) is 16.4 Å². The number of esters is 2. The first-order valence-corrected chi connectivity index (χ1v) is 12.1. The fourth-order valence-corrected chi connectivity index (χ4v) is 4.15. The van der Waals surface area contributed by atoms with Gasteiger partial charge in [0.15, 0.2) is 0 Å². The van der Waals surface area contributed by atoms with Crippen molar-refractivity contribution in [3.63, 3.8) is 0 Å². The molecule has 3 heterocycles. The fourth-order valence-electron chi connectivity index (χ4n) is 3.51. The summed E-state index contributed by atoms with van der Waals surface area (Å²) in [5, 5.41) is 11.3. The number of thiophene rings is 1. The van der Waals surface area contributed by atoms with Crippen molar-refractivity contribution in [3.05, 3.63) is 92.2 Å². The van der Waals surface area contributed by atoms with E-state index >= 15 is 0 Å². The van der Waals surface area contributed by atoms with E-state index in [0.717, 1.165) is 5.56 Å². The summed E-state index contributed by atoms with van der Waals surface area (Å²) in [6, 6.07) is 10.2. The van der Waals surface area contributed by atoms with Gasteiger partial charge in [0.05, 0.1) is 24.6 Å². The number of aromatic nitrogens is 3. The summed E-state index contributed by atoms with van der Waals surface area (Å²) in [6.07, 6.45) is 3.24. The Morgan fingerprint density at radius 1 is 1.11 bits per heavy atom. The molecular formula is C26H24N4O5S. The first kappa shape index (κ1) is 24.8. The Labute approximate surface area is 211 Å². The molecule has 0 aliphatic rings. The number of nitrogens with zero attached hydrogens (tertiary/aromatic N) is 3. The maximum Gasteiger partial charge on any atom is 0.343 e. The van der Waals surface area contributed by atoms with Crippen molar-refractivity contribution in [1.29, 1.82) is 0 Å². The number of rotatable bonds is 8. The molecule has 0 fully saturated rings. The molecule has 9 nitrogen and oxygen atoms in total. The van der Waals surface area contributed by atoms with Gasteiger partial charge in [0.1, 0.15) is 23.6 Å². The van der Waals surface area contributed by atoms with Gasteiger partial charge in [-0.3, -0.25) is 9.78 Å². The molecule has 1 aromatic carbocycles. The largest absolute Gasteiger partial charge is 0.465 e. The number of benzene rings is 1. The van der Waals surface area contributed by atoms with Crippen molar-refractivity contribution in [3.8, 4) is 11.3 Å². The summed E-state index contributed by atoms with van der Waals surface area (Å²) < 4.78 is 11.6. The molecule has 0 saturated carbocycles. The van der Waals surface area contributed by atoms with Gasteiger partial charge in [-0.15, -0.1) is 0 Å². The first-order chi connectivity index (χ1) is 17.4. The maximum atomic E-state index is 13.5. The molecule has 0 radical (unpaired) electrons. The van der Waals surface area contributed by atoms with E-state index in [9.17, 15) is 14.4 Å². The lowest BCUT2D eigenvalue weighted by Gasteiger charge is -2.17. The second-order valence-electron chi connectivity index (χ2n) is 7.81. The van der Waals surface area contributed by atoms with Gasteiger partial charge in [0, 0.05) is 23.7 Å². The van der Waals surface area contributed by atoms with Crippen LogP contribution < -0.4 is 10.9 Å². The number of methoxy groups -OCH3 is 1. The quantitative estimate of drug-likeness (QED) is 0.347. The van der Waals surface area contributed by atoms with E-state index in [1.54, 1.807) is 49.6 Å². The van der Waals surface area contributed by atoms with Gasteiger partial charge < -0.3 is 14.8 Å². The summed E-state index contributed by atoms with van der Waals surface area (Å²) in [6.45, 7) is 3.93. The lowest BCUT2D eigenvalue weighted by atomic mass is 10.1. The molecule has 0 aliphatic carbocycles. The molecule has 0 spiro atoms. The summed E-state index contributed by atoms with van der Waals surface area (Å²) in [7, 11) is 1.31. The molecule has 0 bridgehead atoms. The monoisotopic (exact) mass is 504 g/mol. The zero-order valence-electron chi connectivity index (χ0n) is 20.0. The number of hydrogen-bond donors (Lipinski definition) is 1. The van der Waals surface area contributed by atoms with Gasteiger partial charge >= 0.3 is 11.9 Å². The Morgan fingerprint density at radius 3 is 2.53 bits per heavy atom. The van der Waals surface area contributed by atoms with E-state index < -0.39 is 17.5 Å². The normalized spacial score (nSPS) is 10.6. The number of hydrogen-bond acceptors (Lipinski definition) is 9. The van der Waals surface area contributed by atoms with Crippen LogP contribution in [0.5, 0.6) is 0 Å². The molecule has 184 valence electrons. The molecule has 36 heavy (non-hydrogen) atoms. The van der Waals surface area contributed by atoms with Crippen LogP contribution >= 0.6 is 11.3 Å². The Hall–Kier alpha value is -4.31. The van der Waals surface area contributed by atoms with E-state index in [0.29, 0.717) is 34.6 Å². The number of carbonyl (C=O) groups excluding carboxylic acids is 2. The van der Waals surface area contributed by atoms with Crippen LogP contribution in [0, 0.1) is 6.92 Å². The van der Waals surface area contributed by atoms with Gasteiger partial charge in [-0.25, -0.2) is 14.3 Å². The van der Waals surface area contributed by atoms with Gasteiger partial charge in [-0.1, -0.05) is 12.1 Å². The predicted octanol–water partition coefficient (Wildman–Crippen LogP) is 4.58. The molecule has 0 aliphatic heterocycles. The number of pyridine rings is 1. The van der Waals surface area contributed by atoms with Crippen molar-refractivity contribution in [2.45, 2.75) is 27.0 Å². The van der Waals surface area contributed by atoms with E-state index in [2.05, 4.69) is 15.4 Å². The minimum atomic E-state index is -0.704. The SMILES string of the molecule is CCn1nc(-c2ccsc2)c(C(=O)OCc2ccc(C(=O)OC)cc2)c(Nc2cnccc2C)c1=O. The summed E-state index contributed by atoms with van der Waals surface area (Å²) in [5.41, 5.74) is 3.19. The molecular weight excluding hydrogens is 480 g/mol. The third-order valence-electron chi connectivity index (χ3n) is 5.50. The number of anilines is 2. The smallest absolute Gasteiger partial charge is 0.343 e. The topological polar surface area (TPSA) is 112 Å². The average Bonchev–Trinajstić information content (AvgIpc) is 3.44. The highest BCUT2D eigenvalue weighted by Gasteiger charge is 2.26. The third kappa shape index (κ3) is 5.18. The van der Waals surface area contributed by atoms with Crippen LogP contribution in [0.2, 0.25) is 0 Å². The van der Waals surface area contributed by atoms with Crippen molar-refractivity contribution in [2.24, 2.45) is 0 Å². The molecule has 10 heteroatoms. The Bertz CT molecular complexity index is 1450. The lowest BCUT2D eigenvalue weighted by molar-refractivity contribution is 0.0472. The Balaban J connectivity index is 1.74. The molecule has 4 rings (SSSR count). The first-order valence-electron chi connectivity index (χ1n) is 11.1. The van der Waals surface area contributed by atoms with Crippen LogP contribution in [0.25, 0.3) is 11.3 Å². The maximum absolute atomic E-state index is 13.5. The van der Waals surface area contributed by atoms with Crippen molar-refractivity contribution < 1.29 is 19.1 Å². The van der Waals surface area contributed by atoms with Crippen LogP contribution in [0.3, 0.4) is 0 Å². The van der Waals surface area contributed by atoms with Crippen LogP contribution in [-0.4, -0.2) is 33.8 Å². The molecule has 0 saturated heterocycles. The molecule has 0 amide bonds. The van der Waals surface area contributed by atoms with E-state index in [1.165, 1.54) is 23.1 Å². The van der Waals surface area contributed by atoms with E-state index in [-0.39, 0.29) is 17.9 Å². The van der Waals surface area contributed by atoms with E-state index in [1.807, 2.05) is 23.8 Å². The van der Waals surface area contributed by atoms with E-state index in [4.69, 9.17) is 9.47 Å². The number of carbonyl (C=O) groups is 2. The van der Waals surface area contributed by atoms with Gasteiger partial charge in [-0.05, 0) is 54.6 Å². The van der Waals surface area contributed by atoms with Crippen LogP contribution in [0.1, 0.15) is 38.8 Å². The predicted molar refractivity (Wildman–Crippen MR) is 137 cm³/mol. The standard InChI is InChI=1S/C26H24N4O5S/c1-4-30-24(31)23(28-20-13-27-11-9-16(20)2)21(22(29-30)19-10-12-36-15-19)26(33)35-14-17-5-7-18(8-6-17)25(32)34-3/h5-13,15,28H,4,14H2,1-3H3. The number of ether oxygens (including phenoxy) is 2. The molecule has 1 N–H and O–H groups in total. The Kier molecular flexibility index (Phi) is 7.55. The average molecular weight is 505 g/mol. The van der Waals surface area contributed by atoms with Gasteiger partial charge in [0.2, 0.25) is 0 Å². The highest BCUT2D eigenvalue weighted by atomic mass is 32.1. The second-order valence-corrected chi connectivity index (χ2v) is 8.59. The molecule has 4 aromatic rings. The summed E-state index contributed by atoms with van der Waals surface area (Å²) in [4.78, 5) is 42.6. The lowest BCUT2D eigenvalue weighted by Crippen LogP contribution is -2.29. The molecule has 0 unspecified atom stereocenters. The van der Waals surface area contributed by atoms with Crippen molar-refractivity contribution in [2.75, 3.05) is 12.4 Å². The summed E-state index contributed by atoms with van der Waals surface area (Å²) >= 11 is 1.45. The number of aryl methyl sites for hydroxylation is 2. The highest BCUT2D eigenvalue weighted by Crippen LogP contribution is 2.30. The summed E-state index contributed by atoms with van der Waals surface area (Å²) in [5.74, 6) is -1.16. The van der Waals surface area contributed by atoms with Crippen LogP contribution in [0.4, 0.5) is 11.4 Å². The number of nitrogens with one attached hydrogen (secondary N) is 1. The fraction of sp³-hybridized carbons (Fsp3) is 0.192. The van der Waals surface area contributed by atoms with Crippen LogP contribution in [-0.2, 0) is 22.6 Å². The molecule has 3 aromatic heterocycles. The van der Waals surface area contributed by atoms with Crippen molar-refractivity contribution in [1.82, 2.24) is 14.8 Å².